The molecule has 0 radical (unpaired) electrons. The Hall–Kier alpha value is -2.36. The zero-order valence-electron chi connectivity index (χ0n) is 11.3. The second-order valence-corrected chi connectivity index (χ2v) is 5.45. The van der Waals surface area contributed by atoms with Gasteiger partial charge in [-0.1, -0.05) is 30.3 Å². The molecule has 1 aliphatic rings. The number of hydrogen-bond donors (Lipinski definition) is 1. The Bertz CT molecular complexity index is 748. The first kappa shape index (κ1) is 11.5. The predicted molar refractivity (Wildman–Crippen MR) is 78.9 cm³/mol. The first-order valence-corrected chi connectivity index (χ1v) is 6.93. The molecule has 4 heteroatoms. The van der Waals surface area contributed by atoms with E-state index in [4.69, 9.17) is 0 Å². The monoisotopic (exact) mass is 264 g/mol. The first-order chi connectivity index (χ1) is 9.81. The fourth-order valence-electron chi connectivity index (χ4n) is 2.77. The summed E-state index contributed by atoms with van der Waals surface area (Å²) >= 11 is 0. The summed E-state index contributed by atoms with van der Waals surface area (Å²) in [6.45, 7) is 2.08. The van der Waals surface area contributed by atoms with E-state index in [1.54, 1.807) is 6.33 Å². The molecular weight excluding hydrogens is 248 g/mol. The lowest BCUT2D eigenvalue weighted by Gasteiger charge is -2.09. The zero-order valence-corrected chi connectivity index (χ0v) is 11.3. The van der Waals surface area contributed by atoms with Crippen molar-refractivity contribution in [3.63, 3.8) is 0 Å². The van der Waals surface area contributed by atoms with Gasteiger partial charge in [0.05, 0.1) is 0 Å². The van der Waals surface area contributed by atoms with Crippen LogP contribution in [0.4, 0.5) is 5.82 Å². The molecule has 1 saturated carbocycles. The zero-order chi connectivity index (χ0) is 13.5. The number of anilines is 1. The normalized spacial score (nSPS) is 21.1. The number of nitrogens with zero attached hydrogens (tertiary/aromatic N) is 3. The van der Waals surface area contributed by atoms with Crippen LogP contribution in [0.1, 0.15) is 23.5 Å². The van der Waals surface area contributed by atoms with Crippen LogP contribution >= 0.6 is 0 Å². The van der Waals surface area contributed by atoms with Gasteiger partial charge in [0.15, 0.2) is 5.65 Å². The van der Waals surface area contributed by atoms with Crippen LogP contribution < -0.4 is 5.32 Å². The Kier molecular flexibility index (Phi) is 2.49. The standard InChI is InChI=1S/C16H16N4/c1-11-7-15-17-10-18-20(15)16(8-11)19-14-9-13(14)12-5-3-2-4-6-12/h2-8,10,13-14,19H,9H2,1H3. The van der Waals surface area contributed by atoms with Gasteiger partial charge in [0.1, 0.15) is 12.1 Å². The summed E-state index contributed by atoms with van der Waals surface area (Å²) in [6, 6.07) is 15.3. The van der Waals surface area contributed by atoms with Gasteiger partial charge in [0, 0.05) is 12.0 Å². The maximum Gasteiger partial charge on any atom is 0.157 e. The van der Waals surface area contributed by atoms with Crippen molar-refractivity contribution in [1.29, 1.82) is 0 Å². The third-order valence-electron chi connectivity index (χ3n) is 3.87. The highest BCUT2D eigenvalue weighted by Crippen LogP contribution is 2.42. The lowest BCUT2D eigenvalue weighted by molar-refractivity contribution is 0.929. The maximum atomic E-state index is 4.28. The molecule has 0 amide bonds. The van der Waals surface area contributed by atoms with Gasteiger partial charge in [-0.2, -0.15) is 9.61 Å². The Morgan fingerprint density at radius 1 is 1.20 bits per heavy atom. The van der Waals surface area contributed by atoms with Gasteiger partial charge in [-0.3, -0.25) is 0 Å². The van der Waals surface area contributed by atoms with E-state index in [2.05, 4.69) is 58.7 Å². The van der Waals surface area contributed by atoms with Crippen molar-refractivity contribution in [3.8, 4) is 0 Å². The lowest BCUT2D eigenvalue weighted by Crippen LogP contribution is -2.09. The van der Waals surface area contributed by atoms with Crippen LogP contribution in [-0.2, 0) is 0 Å². The van der Waals surface area contributed by atoms with E-state index in [1.165, 1.54) is 17.5 Å². The fourth-order valence-corrected chi connectivity index (χ4v) is 2.77. The molecule has 2 heterocycles. The lowest BCUT2D eigenvalue weighted by atomic mass is 10.1. The van der Waals surface area contributed by atoms with E-state index in [9.17, 15) is 0 Å². The van der Waals surface area contributed by atoms with Gasteiger partial charge in [-0.25, -0.2) is 4.98 Å². The van der Waals surface area contributed by atoms with Crippen molar-refractivity contribution in [1.82, 2.24) is 14.6 Å². The van der Waals surface area contributed by atoms with E-state index in [-0.39, 0.29) is 0 Å². The van der Waals surface area contributed by atoms with E-state index in [1.807, 2.05) is 10.6 Å². The number of aryl methyl sites for hydroxylation is 1. The number of rotatable bonds is 3. The molecule has 3 aromatic rings. The Morgan fingerprint density at radius 2 is 2.05 bits per heavy atom. The molecule has 2 unspecified atom stereocenters. The van der Waals surface area contributed by atoms with Gasteiger partial charge in [0.25, 0.3) is 0 Å². The van der Waals surface area contributed by atoms with Crippen molar-refractivity contribution in [2.24, 2.45) is 0 Å². The van der Waals surface area contributed by atoms with Gasteiger partial charge >= 0.3 is 0 Å². The second kappa shape index (κ2) is 4.34. The third kappa shape index (κ3) is 1.93. The van der Waals surface area contributed by atoms with Crippen LogP contribution in [0.25, 0.3) is 5.65 Å². The van der Waals surface area contributed by atoms with Gasteiger partial charge in [0.2, 0.25) is 0 Å². The Morgan fingerprint density at radius 3 is 2.90 bits per heavy atom. The largest absolute Gasteiger partial charge is 0.367 e. The quantitative estimate of drug-likeness (QED) is 0.790. The summed E-state index contributed by atoms with van der Waals surface area (Å²) in [6.07, 6.45) is 2.77. The van der Waals surface area contributed by atoms with Crippen molar-refractivity contribution >= 4 is 11.5 Å². The fraction of sp³-hybridized carbons (Fsp3) is 0.250. The molecule has 2 atom stereocenters. The molecule has 0 bridgehead atoms. The molecule has 4 nitrogen and oxygen atoms in total. The molecule has 4 rings (SSSR count). The predicted octanol–water partition coefficient (Wildman–Crippen LogP) is 3.01. The molecule has 0 saturated heterocycles. The van der Waals surface area contributed by atoms with Crippen LogP contribution in [0, 0.1) is 6.92 Å². The van der Waals surface area contributed by atoms with Crippen molar-refractivity contribution < 1.29 is 0 Å². The topological polar surface area (TPSA) is 42.2 Å². The minimum atomic E-state index is 0.492. The van der Waals surface area contributed by atoms with E-state index < -0.39 is 0 Å². The molecule has 1 aliphatic carbocycles. The Labute approximate surface area is 117 Å². The summed E-state index contributed by atoms with van der Waals surface area (Å²) in [4.78, 5) is 4.26. The van der Waals surface area contributed by atoms with Crippen molar-refractivity contribution in [2.75, 3.05) is 5.32 Å². The number of benzene rings is 1. The van der Waals surface area contributed by atoms with Gasteiger partial charge < -0.3 is 5.32 Å². The highest BCUT2D eigenvalue weighted by molar-refractivity contribution is 5.53. The highest BCUT2D eigenvalue weighted by atomic mass is 15.3. The number of fused-ring (bicyclic) bond motifs is 1. The SMILES string of the molecule is Cc1cc(NC2CC2c2ccccc2)n2ncnc2c1. The van der Waals surface area contributed by atoms with Crippen molar-refractivity contribution in [3.05, 3.63) is 59.9 Å². The van der Waals surface area contributed by atoms with Gasteiger partial charge in [-0.15, -0.1) is 0 Å². The maximum absolute atomic E-state index is 4.28. The number of hydrogen-bond acceptors (Lipinski definition) is 3. The Balaban J connectivity index is 1.59. The first-order valence-electron chi connectivity index (χ1n) is 6.93. The summed E-state index contributed by atoms with van der Waals surface area (Å²) in [5.74, 6) is 1.64. The number of nitrogens with one attached hydrogen (secondary N) is 1. The van der Waals surface area contributed by atoms with Gasteiger partial charge in [-0.05, 0) is 36.6 Å². The van der Waals surface area contributed by atoms with Crippen LogP contribution in [0.3, 0.4) is 0 Å². The minimum absolute atomic E-state index is 0.492. The van der Waals surface area contributed by atoms with Crippen LogP contribution in [0.5, 0.6) is 0 Å². The second-order valence-electron chi connectivity index (χ2n) is 5.45. The van der Waals surface area contributed by atoms with E-state index in [0.717, 1.165) is 11.5 Å². The summed E-state index contributed by atoms with van der Waals surface area (Å²) in [7, 11) is 0. The molecule has 1 aromatic carbocycles. The molecule has 1 N–H and O–H groups in total. The van der Waals surface area contributed by atoms with Crippen LogP contribution in [0.2, 0.25) is 0 Å². The smallest absolute Gasteiger partial charge is 0.157 e. The number of aromatic nitrogens is 3. The van der Waals surface area contributed by atoms with E-state index in [0.29, 0.717) is 12.0 Å². The van der Waals surface area contributed by atoms with E-state index >= 15 is 0 Å². The highest BCUT2D eigenvalue weighted by Gasteiger charge is 2.38. The molecule has 2 aromatic heterocycles. The van der Waals surface area contributed by atoms with Crippen LogP contribution in [0.15, 0.2) is 48.8 Å². The summed E-state index contributed by atoms with van der Waals surface area (Å²) in [5, 5.41) is 7.88. The van der Waals surface area contributed by atoms with Crippen LogP contribution in [-0.4, -0.2) is 20.6 Å². The number of pyridine rings is 1. The molecule has 0 aliphatic heterocycles. The summed E-state index contributed by atoms with van der Waals surface area (Å²) in [5.41, 5.74) is 3.50. The molecule has 100 valence electrons. The van der Waals surface area contributed by atoms with Crippen molar-refractivity contribution in [2.45, 2.75) is 25.3 Å². The average Bonchev–Trinajstić information content (AvgIpc) is 3.06. The summed E-state index contributed by atoms with van der Waals surface area (Å²) < 4.78 is 1.87. The molecular formula is C16H16N4. The molecule has 20 heavy (non-hydrogen) atoms. The third-order valence-corrected chi connectivity index (χ3v) is 3.87. The average molecular weight is 264 g/mol. The molecule has 1 fully saturated rings. The minimum Gasteiger partial charge on any atom is -0.367 e. The molecule has 0 spiro atoms.